The molecule has 0 fully saturated rings. The van der Waals surface area contributed by atoms with Crippen LogP contribution in [-0.4, -0.2) is 34.4 Å². The molecule has 0 aromatic heterocycles. The number of alkyl halides is 1. The molecule has 8 heteroatoms. The first kappa shape index (κ1) is 16.1. The number of sulfonamides is 1. The van der Waals surface area contributed by atoms with Gasteiger partial charge in [-0.1, -0.05) is 15.9 Å². The lowest BCUT2D eigenvalue weighted by Crippen LogP contribution is -2.24. The normalized spacial score (nSPS) is 11.2. The van der Waals surface area contributed by atoms with Gasteiger partial charge in [0.1, 0.15) is 10.4 Å². The molecule has 0 bridgehead atoms. The van der Waals surface area contributed by atoms with E-state index in [0.29, 0.717) is 22.8 Å². The minimum absolute atomic E-state index is 0.109. The van der Waals surface area contributed by atoms with Crippen LogP contribution in [0.15, 0.2) is 12.1 Å². The molecule has 0 aliphatic carbocycles. The highest BCUT2D eigenvalue weighted by Gasteiger charge is 2.14. The maximum absolute atomic E-state index is 11.4. The van der Waals surface area contributed by atoms with Crippen LogP contribution < -0.4 is 18.9 Å². The summed E-state index contributed by atoms with van der Waals surface area (Å²) in [7, 11) is 1.19. The van der Waals surface area contributed by atoms with E-state index in [0.717, 1.165) is 0 Å². The molecule has 0 saturated heterocycles. The number of nitrogens with one attached hydrogen (secondary N) is 1. The van der Waals surface area contributed by atoms with E-state index in [1.807, 2.05) is 0 Å². The molecule has 0 aliphatic heterocycles. The molecule has 0 aliphatic rings. The SMILES string of the molecule is COc1cc(OC)c(OC)cc1CNS(=O)(=O)CBr. The van der Waals surface area contributed by atoms with Gasteiger partial charge in [-0.05, 0) is 6.07 Å². The first-order valence-corrected chi connectivity index (χ1v) is 8.07. The monoisotopic (exact) mass is 353 g/mol. The van der Waals surface area contributed by atoms with E-state index in [2.05, 4.69) is 20.7 Å². The number of rotatable bonds is 7. The van der Waals surface area contributed by atoms with Gasteiger partial charge < -0.3 is 14.2 Å². The molecule has 0 atom stereocenters. The van der Waals surface area contributed by atoms with Gasteiger partial charge >= 0.3 is 0 Å². The van der Waals surface area contributed by atoms with Crippen molar-refractivity contribution in [3.63, 3.8) is 0 Å². The molecule has 108 valence electrons. The van der Waals surface area contributed by atoms with Gasteiger partial charge in [0.05, 0.1) is 21.3 Å². The zero-order valence-corrected chi connectivity index (χ0v) is 13.3. The van der Waals surface area contributed by atoms with E-state index >= 15 is 0 Å². The molecule has 1 N–H and O–H groups in total. The molecule has 0 unspecified atom stereocenters. The average Bonchev–Trinajstić information content (AvgIpc) is 2.44. The van der Waals surface area contributed by atoms with E-state index in [1.165, 1.54) is 21.3 Å². The molecule has 19 heavy (non-hydrogen) atoms. The maximum atomic E-state index is 11.4. The van der Waals surface area contributed by atoms with Crippen LogP contribution >= 0.6 is 15.9 Å². The second-order valence-corrected chi connectivity index (χ2v) is 6.67. The highest BCUT2D eigenvalue weighted by atomic mass is 79.9. The van der Waals surface area contributed by atoms with E-state index in [1.54, 1.807) is 12.1 Å². The first-order valence-electron chi connectivity index (χ1n) is 5.29. The van der Waals surface area contributed by atoms with Crippen molar-refractivity contribution in [2.24, 2.45) is 0 Å². The quantitative estimate of drug-likeness (QED) is 0.751. The zero-order valence-electron chi connectivity index (χ0n) is 10.9. The van der Waals surface area contributed by atoms with Crippen LogP contribution in [0.4, 0.5) is 0 Å². The molecule has 1 rings (SSSR count). The molecule has 1 aromatic carbocycles. The van der Waals surface area contributed by atoms with Crippen molar-refractivity contribution in [1.29, 1.82) is 0 Å². The summed E-state index contributed by atoms with van der Waals surface area (Å²) in [6.45, 7) is 0.109. The van der Waals surface area contributed by atoms with Crippen molar-refractivity contribution in [3.05, 3.63) is 17.7 Å². The summed E-state index contributed by atoms with van der Waals surface area (Å²) >= 11 is 2.90. The number of hydrogen-bond donors (Lipinski definition) is 1. The summed E-state index contributed by atoms with van der Waals surface area (Å²) in [6, 6.07) is 3.32. The topological polar surface area (TPSA) is 73.9 Å². The molecule has 6 nitrogen and oxygen atoms in total. The summed E-state index contributed by atoms with van der Waals surface area (Å²) < 4.78 is 40.6. The molecule has 0 heterocycles. The summed E-state index contributed by atoms with van der Waals surface area (Å²) in [6.07, 6.45) is 0. The predicted octanol–water partition coefficient (Wildman–Crippen LogP) is 1.48. The van der Waals surface area contributed by atoms with Crippen molar-refractivity contribution in [2.45, 2.75) is 6.54 Å². The van der Waals surface area contributed by atoms with Crippen molar-refractivity contribution < 1.29 is 22.6 Å². The van der Waals surface area contributed by atoms with Crippen LogP contribution in [0.2, 0.25) is 0 Å². The average molecular weight is 354 g/mol. The van der Waals surface area contributed by atoms with Crippen molar-refractivity contribution in [1.82, 2.24) is 4.72 Å². The van der Waals surface area contributed by atoms with E-state index in [9.17, 15) is 8.42 Å². The lowest BCUT2D eigenvalue weighted by Gasteiger charge is -2.14. The molecular weight excluding hydrogens is 338 g/mol. The van der Waals surface area contributed by atoms with Gasteiger partial charge in [-0.15, -0.1) is 0 Å². The second-order valence-electron chi connectivity index (χ2n) is 3.56. The van der Waals surface area contributed by atoms with Crippen LogP contribution in [0.5, 0.6) is 17.2 Å². The lowest BCUT2D eigenvalue weighted by atomic mass is 10.1. The summed E-state index contributed by atoms with van der Waals surface area (Å²) in [5, 5.41) is 0. The Morgan fingerprint density at radius 1 is 1.05 bits per heavy atom. The van der Waals surface area contributed by atoms with E-state index < -0.39 is 10.0 Å². The largest absolute Gasteiger partial charge is 0.496 e. The Labute approximate surface area is 121 Å². The van der Waals surface area contributed by atoms with Gasteiger partial charge in [0.15, 0.2) is 11.5 Å². The number of methoxy groups -OCH3 is 3. The first-order chi connectivity index (χ1) is 8.97. The third-order valence-electron chi connectivity index (χ3n) is 2.41. The highest BCUT2D eigenvalue weighted by molar-refractivity contribution is 9.10. The molecule has 0 saturated carbocycles. The van der Waals surface area contributed by atoms with Crippen LogP contribution in [0.25, 0.3) is 0 Å². The Kier molecular flexibility index (Phi) is 5.89. The van der Waals surface area contributed by atoms with Crippen LogP contribution in [0.3, 0.4) is 0 Å². The van der Waals surface area contributed by atoms with Gasteiger partial charge in [0.2, 0.25) is 10.0 Å². The Morgan fingerprint density at radius 2 is 1.58 bits per heavy atom. The van der Waals surface area contributed by atoms with Gasteiger partial charge in [-0.2, -0.15) is 0 Å². The minimum atomic E-state index is -3.34. The third-order valence-corrected chi connectivity index (χ3v) is 5.09. The smallest absolute Gasteiger partial charge is 0.221 e. The van der Waals surface area contributed by atoms with E-state index in [-0.39, 0.29) is 11.2 Å². The van der Waals surface area contributed by atoms with Crippen LogP contribution in [0.1, 0.15) is 5.56 Å². The molecule has 0 radical (unpaired) electrons. The fourth-order valence-corrected chi connectivity index (χ4v) is 2.40. The number of halogens is 1. The Bertz CT molecular complexity index is 532. The van der Waals surface area contributed by atoms with Gasteiger partial charge in [-0.3, -0.25) is 0 Å². The van der Waals surface area contributed by atoms with Gasteiger partial charge in [-0.25, -0.2) is 13.1 Å². The van der Waals surface area contributed by atoms with Crippen LogP contribution in [0, 0.1) is 0 Å². The molecule has 0 amide bonds. The Morgan fingerprint density at radius 3 is 2.05 bits per heavy atom. The maximum Gasteiger partial charge on any atom is 0.221 e. The van der Waals surface area contributed by atoms with Crippen molar-refractivity contribution in [2.75, 3.05) is 26.0 Å². The van der Waals surface area contributed by atoms with E-state index in [4.69, 9.17) is 14.2 Å². The predicted molar refractivity (Wildman–Crippen MR) is 75.7 cm³/mol. The number of ether oxygens (including phenoxy) is 3. The second kappa shape index (κ2) is 6.97. The standard InChI is InChI=1S/C11H16BrNO5S/c1-16-9-5-11(18-3)10(17-2)4-8(9)6-13-19(14,15)7-12/h4-5,13H,6-7H2,1-3H3. The summed E-state index contributed by atoms with van der Waals surface area (Å²) in [5.41, 5.74) is 0.657. The summed E-state index contributed by atoms with van der Waals surface area (Å²) in [4.78, 5) is 0. The van der Waals surface area contributed by atoms with Gasteiger partial charge in [0, 0.05) is 18.2 Å². The fraction of sp³-hybridized carbons (Fsp3) is 0.455. The highest BCUT2D eigenvalue weighted by Crippen LogP contribution is 2.34. The third kappa shape index (κ3) is 4.26. The van der Waals surface area contributed by atoms with Crippen molar-refractivity contribution >= 4 is 26.0 Å². The molecule has 1 aromatic rings. The number of hydrogen-bond acceptors (Lipinski definition) is 5. The fourth-order valence-electron chi connectivity index (χ4n) is 1.46. The minimum Gasteiger partial charge on any atom is -0.496 e. The Hall–Kier alpha value is -0.990. The molecular formula is C11H16BrNO5S. The van der Waals surface area contributed by atoms with Crippen LogP contribution in [-0.2, 0) is 16.6 Å². The van der Waals surface area contributed by atoms with Crippen molar-refractivity contribution in [3.8, 4) is 17.2 Å². The molecule has 0 spiro atoms. The lowest BCUT2D eigenvalue weighted by molar-refractivity contribution is 0.347. The summed E-state index contributed by atoms with van der Waals surface area (Å²) in [5.74, 6) is 1.55. The number of benzene rings is 1. The zero-order chi connectivity index (χ0) is 14.5. The Balaban J connectivity index is 3.05. The van der Waals surface area contributed by atoms with Gasteiger partial charge in [0.25, 0.3) is 0 Å².